The summed E-state index contributed by atoms with van der Waals surface area (Å²) in [5.41, 5.74) is 1.73. The number of nitrogens with zero attached hydrogens (tertiary/aromatic N) is 1. The van der Waals surface area contributed by atoms with Crippen LogP contribution in [0.4, 0.5) is 9.52 Å². The van der Waals surface area contributed by atoms with Crippen LogP contribution in [0.1, 0.15) is 16.9 Å². The van der Waals surface area contributed by atoms with E-state index in [-0.39, 0.29) is 11.7 Å². The number of thioether (sulfide) groups is 1. The summed E-state index contributed by atoms with van der Waals surface area (Å²) in [5.74, 6) is -0.299. The van der Waals surface area contributed by atoms with Gasteiger partial charge in [-0.25, -0.2) is 14.2 Å². The van der Waals surface area contributed by atoms with Crippen molar-refractivity contribution in [2.75, 3.05) is 18.2 Å². The molecule has 140 valence electrons. The predicted octanol–water partition coefficient (Wildman–Crippen LogP) is 4.18. The number of nitrogens with one attached hydrogen (secondary N) is 2. The minimum absolute atomic E-state index is 0.144. The van der Waals surface area contributed by atoms with E-state index in [1.807, 2.05) is 0 Å². The van der Waals surface area contributed by atoms with E-state index in [4.69, 9.17) is 0 Å². The van der Waals surface area contributed by atoms with Crippen molar-refractivity contribution in [1.29, 1.82) is 0 Å². The number of rotatable bonds is 7. The Kier molecular flexibility index (Phi) is 6.25. The first kappa shape index (κ1) is 19.1. The molecule has 0 unspecified atom stereocenters. The Morgan fingerprint density at radius 2 is 2.11 bits per heavy atom. The van der Waals surface area contributed by atoms with E-state index in [9.17, 15) is 14.0 Å². The molecule has 3 rings (SSSR count). The van der Waals surface area contributed by atoms with E-state index in [2.05, 4.69) is 20.0 Å². The van der Waals surface area contributed by atoms with Gasteiger partial charge in [-0.05, 0) is 30.3 Å². The number of esters is 1. The Labute approximate surface area is 163 Å². The molecule has 1 aromatic carbocycles. The maximum Gasteiger partial charge on any atom is 0.354 e. The second-order valence-corrected chi connectivity index (χ2v) is 7.46. The molecule has 2 N–H and O–H groups in total. The van der Waals surface area contributed by atoms with Gasteiger partial charge in [0, 0.05) is 34.2 Å². The number of hydrogen-bond acceptors (Lipinski definition) is 6. The van der Waals surface area contributed by atoms with Crippen LogP contribution in [0.15, 0.2) is 46.8 Å². The van der Waals surface area contributed by atoms with E-state index in [0.29, 0.717) is 28.7 Å². The molecular weight excluding hydrogens is 389 g/mol. The van der Waals surface area contributed by atoms with Gasteiger partial charge in [0.1, 0.15) is 11.5 Å². The number of H-pyrrole nitrogens is 1. The van der Waals surface area contributed by atoms with Gasteiger partial charge < -0.3 is 15.0 Å². The van der Waals surface area contributed by atoms with Crippen molar-refractivity contribution in [2.45, 2.75) is 11.3 Å². The molecule has 6 nitrogen and oxygen atoms in total. The third kappa shape index (κ3) is 5.18. The van der Waals surface area contributed by atoms with Crippen molar-refractivity contribution in [3.63, 3.8) is 0 Å². The van der Waals surface area contributed by atoms with Gasteiger partial charge in [0.15, 0.2) is 5.13 Å². The van der Waals surface area contributed by atoms with Crippen LogP contribution in [0.5, 0.6) is 0 Å². The number of ether oxygens (including phenoxy) is 1. The molecule has 0 radical (unpaired) electrons. The molecule has 0 aliphatic heterocycles. The van der Waals surface area contributed by atoms with Crippen LogP contribution in [0.2, 0.25) is 0 Å². The summed E-state index contributed by atoms with van der Waals surface area (Å²) < 4.78 is 17.5. The van der Waals surface area contributed by atoms with Gasteiger partial charge >= 0.3 is 5.97 Å². The third-order valence-corrected chi connectivity index (χ3v) is 5.32. The van der Waals surface area contributed by atoms with Gasteiger partial charge in [-0.15, -0.1) is 23.1 Å². The average molecular weight is 405 g/mol. The number of carbonyl (C=O) groups is 2. The van der Waals surface area contributed by atoms with Gasteiger partial charge in [0.25, 0.3) is 0 Å². The first-order chi connectivity index (χ1) is 13.0. The van der Waals surface area contributed by atoms with Crippen molar-refractivity contribution in [3.05, 3.63) is 53.4 Å². The number of thiazole rings is 1. The van der Waals surface area contributed by atoms with Crippen LogP contribution in [0.25, 0.3) is 11.3 Å². The predicted molar refractivity (Wildman–Crippen MR) is 104 cm³/mol. The van der Waals surface area contributed by atoms with E-state index < -0.39 is 5.97 Å². The molecule has 0 atom stereocenters. The highest BCUT2D eigenvalue weighted by Gasteiger charge is 2.13. The number of halogens is 1. The fourth-order valence-corrected chi connectivity index (χ4v) is 3.80. The maximum atomic E-state index is 12.9. The van der Waals surface area contributed by atoms with Crippen molar-refractivity contribution < 1.29 is 18.7 Å². The first-order valence-electron chi connectivity index (χ1n) is 7.96. The summed E-state index contributed by atoms with van der Waals surface area (Å²) >= 11 is 2.79. The van der Waals surface area contributed by atoms with Gasteiger partial charge in [-0.3, -0.25) is 4.79 Å². The first-order valence-corrected chi connectivity index (χ1v) is 9.82. The van der Waals surface area contributed by atoms with E-state index in [1.54, 1.807) is 29.8 Å². The molecule has 0 aliphatic carbocycles. The number of aromatic nitrogens is 2. The molecule has 0 fully saturated rings. The molecule has 0 aliphatic rings. The molecule has 0 saturated carbocycles. The van der Waals surface area contributed by atoms with Gasteiger partial charge in [0.2, 0.25) is 5.91 Å². The number of carbonyl (C=O) groups excluding carboxylic acids is 2. The van der Waals surface area contributed by atoms with Crippen molar-refractivity contribution in [2.24, 2.45) is 0 Å². The van der Waals surface area contributed by atoms with Crippen LogP contribution in [-0.4, -0.2) is 34.7 Å². The highest BCUT2D eigenvalue weighted by molar-refractivity contribution is 7.99. The van der Waals surface area contributed by atoms with Crippen LogP contribution in [0, 0.1) is 5.82 Å². The molecule has 1 amide bonds. The molecular formula is C18H16FN3O3S2. The Balaban J connectivity index is 1.51. The summed E-state index contributed by atoms with van der Waals surface area (Å²) in [4.78, 5) is 31.6. The highest BCUT2D eigenvalue weighted by Crippen LogP contribution is 2.26. The maximum absolute atomic E-state index is 12.9. The minimum Gasteiger partial charge on any atom is -0.464 e. The zero-order chi connectivity index (χ0) is 19.2. The normalized spacial score (nSPS) is 10.6. The van der Waals surface area contributed by atoms with Crippen molar-refractivity contribution in [3.8, 4) is 11.3 Å². The number of anilines is 1. The Morgan fingerprint density at radius 3 is 2.85 bits per heavy atom. The zero-order valence-corrected chi connectivity index (χ0v) is 16.0. The molecule has 0 spiro atoms. The Bertz CT molecular complexity index is 937. The standard InChI is InChI=1S/C18H16FN3O3S2/c1-25-17(24)14-8-11(9-20-14)15-10-27-18(21-15)22-16(23)6-7-26-13-4-2-12(19)3-5-13/h2-5,8-10,20H,6-7H2,1H3,(H,21,22,23). The SMILES string of the molecule is COC(=O)c1cc(-c2csc(NC(=O)CCSc3ccc(F)cc3)n2)c[nH]1. The summed E-state index contributed by atoms with van der Waals surface area (Å²) in [6, 6.07) is 7.80. The van der Waals surface area contributed by atoms with Crippen LogP contribution in [-0.2, 0) is 9.53 Å². The monoisotopic (exact) mass is 405 g/mol. The van der Waals surface area contributed by atoms with Gasteiger partial charge in [-0.2, -0.15) is 0 Å². The van der Waals surface area contributed by atoms with Crippen LogP contribution >= 0.6 is 23.1 Å². The molecule has 0 bridgehead atoms. The number of amides is 1. The number of methoxy groups -OCH3 is 1. The fourth-order valence-electron chi connectivity index (χ4n) is 2.21. The third-order valence-electron chi connectivity index (χ3n) is 3.55. The topological polar surface area (TPSA) is 84.1 Å². The molecule has 2 heterocycles. The van der Waals surface area contributed by atoms with Crippen molar-refractivity contribution >= 4 is 40.1 Å². The Hall–Kier alpha value is -2.65. The molecule has 9 heteroatoms. The summed E-state index contributed by atoms with van der Waals surface area (Å²) in [7, 11) is 1.31. The van der Waals surface area contributed by atoms with Crippen molar-refractivity contribution in [1.82, 2.24) is 9.97 Å². The number of benzene rings is 1. The second kappa shape index (κ2) is 8.83. The summed E-state index contributed by atoms with van der Waals surface area (Å²) in [6.45, 7) is 0. The number of hydrogen-bond donors (Lipinski definition) is 2. The largest absolute Gasteiger partial charge is 0.464 e. The lowest BCUT2D eigenvalue weighted by molar-refractivity contribution is -0.115. The molecule has 0 saturated heterocycles. The fraction of sp³-hybridized carbons (Fsp3) is 0.167. The molecule has 27 heavy (non-hydrogen) atoms. The zero-order valence-electron chi connectivity index (χ0n) is 14.3. The lowest BCUT2D eigenvalue weighted by Crippen LogP contribution is -2.11. The van der Waals surface area contributed by atoms with E-state index in [0.717, 1.165) is 10.5 Å². The molecule has 3 aromatic rings. The smallest absolute Gasteiger partial charge is 0.354 e. The average Bonchev–Trinajstić information content (AvgIpc) is 3.32. The minimum atomic E-state index is -0.455. The number of aromatic amines is 1. The van der Waals surface area contributed by atoms with Gasteiger partial charge in [0.05, 0.1) is 12.8 Å². The van der Waals surface area contributed by atoms with Crippen LogP contribution < -0.4 is 5.32 Å². The summed E-state index contributed by atoms with van der Waals surface area (Å²) in [6.07, 6.45) is 1.97. The lowest BCUT2D eigenvalue weighted by atomic mass is 10.2. The Morgan fingerprint density at radius 1 is 1.33 bits per heavy atom. The van der Waals surface area contributed by atoms with E-state index >= 15 is 0 Å². The summed E-state index contributed by atoms with van der Waals surface area (Å²) in [5, 5.41) is 5.05. The lowest BCUT2D eigenvalue weighted by Gasteiger charge is -2.02. The van der Waals surface area contributed by atoms with Crippen LogP contribution in [0.3, 0.4) is 0 Å². The highest BCUT2D eigenvalue weighted by atomic mass is 32.2. The quantitative estimate of drug-likeness (QED) is 0.455. The van der Waals surface area contributed by atoms with E-state index in [1.165, 1.54) is 42.3 Å². The van der Waals surface area contributed by atoms with Gasteiger partial charge in [-0.1, -0.05) is 0 Å². The second-order valence-electron chi connectivity index (χ2n) is 5.43. The molecule has 2 aromatic heterocycles.